The summed E-state index contributed by atoms with van der Waals surface area (Å²) in [6, 6.07) is 11.8. The first-order valence-electron chi connectivity index (χ1n) is 5.60. The lowest BCUT2D eigenvalue weighted by Gasteiger charge is -2.03. The number of rotatable bonds is 5. The number of hydrogen-bond donors (Lipinski definition) is 0. The van der Waals surface area contributed by atoms with Gasteiger partial charge in [0.25, 0.3) is 0 Å². The van der Waals surface area contributed by atoms with Gasteiger partial charge in [0, 0.05) is 0 Å². The van der Waals surface area contributed by atoms with E-state index in [0.717, 1.165) is 0 Å². The maximum Gasteiger partial charge on any atom is 0.373 e. The Balaban J connectivity index is 1.97. The number of esters is 1. The molecule has 5 heteroatoms. The molecule has 5 nitrogen and oxygen atoms in total. The van der Waals surface area contributed by atoms with E-state index in [2.05, 4.69) is 4.74 Å². The monoisotopic (exact) mass is 260 g/mol. The van der Waals surface area contributed by atoms with Crippen LogP contribution in [0.1, 0.15) is 21.1 Å². The summed E-state index contributed by atoms with van der Waals surface area (Å²) >= 11 is 0. The van der Waals surface area contributed by atoms with Crippen molar-refractivity contribution in [1.82, 2.24) is 0 Å². The second-order valence-corrected chi connectivity index (χ2v) is 3.68. The van der Waals surface area contributed by atoms with Crippen LogP contribution in [-0.2, 0) is 4.74 Å². The molecule has 2 aromatic rings. The third-order valence-electron chi connectivity index (χ3n) is 2.38. The largest absolute Gasteiger partial charge is 0.485 e. The minimum absolute atomic E-state index is 0.00874. The number of para-hydroxylation sites is 1. The van der Waals surface area contributed by atoms with Gasteiger partial charge in [0.1, 0.15) is 5.75 Å². The molecule has 98 valence electrons. The Morgan fingerprint density at radius 3 is 2.42 bits per heavy atom. The van der Waals surface area contributed by atoms with Crippen molar-refractivity contribution in [3.63, 3.8) is 0 Å². The normalized spacial score (nSPS) is 9.95. The topological polar surface area (TPSA) is 65.7 Å². The number of ketones is 1. The van der Waals surface area contributed by atoms with Crippen molar-refractivity contribution in [2.24, 2.45) is 0 Å². The van der Waals surface area contributed by atoms with Gasteiger partial charge >= 0.3 is 5.97 Å². The van der Waals surface area contributed by atoms with Crippen LogP contribution in [0.4, 0.5) is 0 Å². The molecule has 0 radical (unpaired) electrons. The molecule has 0 bridgehead atoms. The molecule has 1 aromatic carbocycles. The highest BCUT2D eigenvalue weighted by molar-refractivity contribution is 5.96. The Morgan fingerprint density at radius 2 is 1.74 bits per heavy atom. The molecule has 0 atom stereocenters. The van der Waals surface area contributed by atoms with Gasteiger partial charge in [0.15, 0.2) is 12.4 Å². The molecule has 0 N–H and O–H groups in total. The van der Waals surface area contributed by atoms with Crippen LogP contribution in [0.3, 0.4) is 0 Å². The average Bonchev–Trinajstić information content (AvgIpc) is 2.95. The van der Waals surface area contributed by atoms with Crippen LogP contribution in [0.5, 0.6) is 5.75 Å². The fraction of sp³-hybridized carbons (Fsp3) is 0.143. The highest BCUT2D eigenvalue weighted by Crippen LogP contribution is 2.12. The van der Waals surface area contributed by atoms with Crippen LogP contribution in [0.15, 0.2) is 46.9 Å². The second-order valence-electron chi connectivity index (χ2n) is 3.68. The van der Waals surface area contributed by atoms with E-state index in [4.69, 9.17) is 9.15 Å². The van der Waals surface area contributed by atoms with Crippen molar-refractivity contribution in [1.29, 1.82) is 0 Å². The van der Waals surface area contributed by atoms with E-state index in [-0.39, 0.29) is 23.9 Å². The number of furan rings is 1. The van der Waals surface area contributed by atoms with Crippen LogP contribution >= 0.6 is 0 Å². The lowest BCUT2D eigenvalue weighted by atomic mass is 10.3. The summed E-state index contributed by atoms with van der Waals surface area (Å²) in [5, 5.41) is 0. The summed E-state index contributed by atoms with van der Waals surface area (Å²) in [6.07, 6.45) is 0. The molecule has 0 fully saturated rings. The molecule has 1 aromatic heterocycles. The maximum absolute atomic E-state index is 11.8. The maximum atomic E-state index is 11.8. The highest BCUT2D eigenvalue weighted by atomic mass is 16.5. The standard InChI is InChI=1S/C14H12O5/c1-17-14(16)13-8-7-12(19-13)11(15)9-18-10-5-3-2-4-6-10/h2-8H,9H2,1H3. The van der Waals surface area contributed by atoms with Crippen LogP contribution in [0.2, 0.25) is 0 Å². The zero-order valence-corrected chi connectivity index (χ0v) is 10.3. The Morgan fingerprint density at radius 1 is 1.05 bits per heavy atom. The zero-order chi connectivity index (χ0) is 13.7. The Kier molecular flexibility index (Phi) is 3.97. The number of hydrogen-bond acceptors (Lipinski definition) is 5. The zero-order valence-electron chi connectivity index (χ0n) is 10.3. The van der Waals surface area contributed by atoms with Crippen LogP contribution in [-0.4, -0.2) is 25.5 Å². The molecule has 1 heterocycles. The molecule has 19 heavy (non-hydrogen) atoms. The van der Waals surface area contributed by atoms with E-state index >= 15 is 0 Å². The summed E-state index contributed by atoms with van der Waals surface area (Å²) in [4.78, 5) is 22.9. The van der Waals surface area contributed by atoms with Crippen molar-refractivity contribution in [2.75, 3.05) is 13.7 Å². The Hall–Kier alpha value is -2.56. The molecule has 0 amide bonds. The van der Waals surface area contributed by atoms with Crippen LogP contribution in [0.25, 0.3) is 0 Å². The van der Waals surface area contributed by atoms with Gasteiger partial charge in [-0.1, -0.05) is 18.2 Å². The fourth-order valence-electron chi connectivity index (χ4n) is 1.43. The fourth-order valence-corrected chi connectivity index (χ4v) is 1.43. The van der Waals surface area contributed by atoms with Crippen molar-refractivity contribution in [3.8, 4) is 5.75 Å². The minimum atomic E-state index is -0.622. The van der Waals surface area contributed by atoms with E-state index in [9.17, 15) is 9.59 Å². The SMILES string of the molecule is COC(=O)c1ccc(C(=O)COc2ccccc2)o1. The second kappa shape index (κ2) is 5.86. The van der Waals surface area contributed by atoms with Crippen molar-refractivity contribution < 1.29 is 23.5 Å². The highest BCUT2D eigenvalue weighted by Gasteiger charge is 2.16. The van der Waals surface area contributed by atoms with Crippen molar-refractivity contribution in [3.05, 3.63) is 54.0 Å². The number of benzene rings is 1. The van der Waals surface area contributed by atoms with Gasteiger partial charge in [0.2, 0.25) is 11.5 Å². The number of carbonyl (C=O) groups is 2. The summed E-state index contributed by atoms with van der Waals surface area (Å²) in [7, 11) is 1.24. The summed E-state index contributed by atoms with van der Waals surface area (Å²) in [5.74, 6) is -0.320. The third-order valence-corrected chi connectivity index (χ3v) is 2.38. The van der Waals surface area contributed by atoms with Gasteiger partial charge in [-0.05, 0) is 24.3 Å². The van der Waals surface area contributed by atoms with Gasteiger partial charge in [-0.25, -0.2) is 4.79 Å². The molecule has 0 aliphatic carbocycles. The summed E-state index contributed by atoms with van der Waals surface area (Å²) < 4.78 is 14.9. The van der Waals surface area contributed by atoms with Gasteiger partial charge in [0.05, 0.1) is 7.11 Å². The molecular formula is C14H12O5. The molecule has 0 saturated carbocycles. The van der Waals surface area contributed by atoms with Crippen molar-refractivity contribution in [2.45, 2.75) is 0 Å². The smallest absolute Gasteiger partial charge is 0.373 e. The summed E-state index contributed by atoms with van der Waals surface area (Å²) in [5.41, 5.74) is 0. The number of methoxy groups -OCH3 is 1. The lowest BCUT2D eigenvalue weighted by Crippen LogP contribution is -2.10. The number of carbonyl (C=O) groups excluding carboxylic acids is 2. The molecule has 0 saturated heterocycles. The molecule has 0 aliphatic heterocycles. The van der Waals surface area contributed by atoms with E-state index in [1.807, 2.05) is 18.2 Å². The molecule has 0 spiro atoms. The van der Waals surface area contributed by atoms with Gasteiger partial charge in [-0.3, -0.25) is 4.79 Å². The van der Waals surface area contributed by atoms with Gasteiger partial charge < -0.3 is 13.9 Å². The lowest BCUT2D eigenvalue weighted by molar-refractivity contribution is 0.0562. The van der Waals surface area contributed by atoms with E-state index in [1.165, 1.54) is 19.2 Å². The van der Waals surface area contributed by atoms with Gasteiger partial charge in [-0.2, -0.15) is 0 Å². The average molecular weight is 260 g/mol. The van der Waals surface area contributed by atoms with Crippen LogP contribution < -0.4 is 4.74 Å². The molecule has 2 rings (SSSR count). The van der Waals surface area contributed by atoms with E-state index < -0.39 is 5.97 Å². The Bertz CT molecular complexity index is 571. The molecule has 0 unspecified atom stereocenters. The molecular weight excluding hydrogens is 248 g/mol. The predicted molar refractivity (Wildman–Crippen MR) is 66.3 cm³/mol. The van der Waals surface area contributed by atoms with Crippen molar-refractivity contribution >= 4 is 11.8 Å². The first-order valence-corrected chi connectivity index (χ1v) is 5.60. The van der Waals surface area contributed by atoms with E-state index in [1.54, 1.807) is 12.1 Å². The minimum Gasteiger partial charge on any atom is -0.485 e. The summed E-state index contributed by atoms with van der Waals surface area (Å²) in [6.45, 7) is -0.155. The first kappa shape index (κ1) is 12.9. The molecule has 0 aliphatic rings. The first-order chi connectivity index (χ1) is 9.20. The van der Waals surface area contributed by atoms with Gasteiger partial charge in [-0.15, -0.1) is 0 Å². The van der Waals surface area contributed by atoms with Crippen LogP contribution in [0, 0.1) is 0 Å². The third kappa shape index (κ3) is 3.22. The van der Waals surface area contributed by atoms with E-state index in [0.29, 0.717) is 5.75 Å². The number of ether oxygens (including phenoxy) is 2. The Labute approximate surface area is 109 Å². The quantitative estimate of drug-likeness (QED) is 0.609. The predicted octanol–water partition coefficient (Wildman–Crippen LogP) is 2.33. The number of Topliss-reactive ketones (excluding diaryl/α,β-unsaturated/α-hetero) is 1.